The second kappa shape index (κ2) is 7.54. The van der Waals surface area contributed by atoms with Gasteiger partial charge >= 0.3 is 5.97 Å². The Labute approximate surface area is 138 Å². The molecule has 1 amide bonds. The summed E-state index contributed by atoms with van der Waals surface area (Å²) in [6, 6.07) is 10.2. The van der Waals surface area contributed by atoms with Crippen molar-refractivity contribution < 1.29 is 14.7 Å². The number of nitrogens with zero attached hydrogens (tertiary/aromatic N) is 2. The lowest BCUT2D eigenvalue weighted by Gasteiger charge is -2.19. The van der Waals surface area contributed by atoms with Gasteiger partial charge in [-0.05, 0) is 24.1 Å². The number of benzene rings is 1. The van der Waals surface area contributed by atoms with Crippen molar-refractivity contribution >= 4 is 11.9 Å². The molecule has 7 nitrogen and oxygen atoms in total. The van der Waals surface area contributed by atoms with Crippen molar-refractivity contribution in [3.8, 4) is 5.69 Å². The standard InChI is InChI=1S/C17H19N3O4/c1-3-11(2)15(17(23)24)18-16(22)13-9-10-14(21)20(19-13)12-7-5-4-6-8-12/h4-11,15H,3H2,1-2H3,(H,18,22)(H,23,24)/t11-,15-/m0/s1. The van der Waals surface area contributed by atoms with E-state index in [4.69, 9.17) is 0 Å². The van der Waals surface area contributed by atoms with Crippen molar-refractivity contribution in [2.24, 2.45) is 5.92 Å². The SMILES string of the molecule is CC[C@H](C)[C@H](NC(=O)c1ccc(=O)n(-c2ccccc2)n1)C(=O)O. The molecule has 0 aliphatic heterocycles. The van der Waals surface area contributed by atoms with E-state index in [1.54, 1.807) is 37.3 Å². The van der Waals surface area contributed by atoms with Gasteiger partial charge < -0.3 is 10.4 Å². The van der Waals surface area contributed by atoms with Crippen LogP contribution in [0.15, 0.2) is 47.3 Å². The summed E-state index contributed by atoms with van der Waals surface area (Å²) in [5.74, 6) is -1.96. The predicted octanol–water partition coefficient (Wildman–Crippen LogP) is 1.46. The smallest absolute Gasteiger partial charge is 0.326 e. The number of hydrogen-bond donors (Lipinski definition) is 2. The van der Waals surface area contributed by atoms with Gasteiger partial charge in [0.2, 0.25) is 0 Å². The van der Waals surface area contributed by atoms with Crippen molar-refractivity contribution in [3.05, 3.63) is 58.5 Å². The average Bonchev–Trinajstić information content (AvgIpc) is 2.59. The van der Waals surface area contributed by atoms with E-state index in [-0.39, 0.29) is 17.2 Å². The number of carbonyl (C=O) groups excluding carboxylic acids is 1. The molecule has 2 rings (SSSR count). The maximum Gasteiger partial charge on any atom is 0.326 e. The van der Waals surface area contributed by atoms with Crippen molar-refractivity contribution in [2.45, 2.75) is 26.3 Å². The van der Waals surface area contributed by atoms with Crippen molar-refractivity contribution in [3.63, 3.8) is 0 Å². The quantitative estimate of drug-likeness (QED) is 0.835. The van der Waals surface area contributed by atoms with Crippen LogP contribution in [-0.4, -0.2) is 32.8 Å². The van der Waals surface area contributed by atoms with E-state index in [1.165, 1.54) is 12.1 Å². The monoisotopic (exact) mass is 329 g/mol. The molecule has 0 radical (unpaired) electrons. The summed E-state index contributed by atoms with van der Waals surface area (Å²) in [4.78, 5) is 35.6. The number of carboxylic acid groups (broad SMARTS) is 1. The van der Waals surface area contributed by atoms with E-state index < -0.39 is 17.9 Å². The van der Waals surface area contributed by atoms with Gasteiger partial charge in [0, 0.05) is 6.07 Å². The Morgan fingerprint density at radius 1 is 1.21 bits per heavy atom. The number of para-hydroxylation sites is 1. The second-order valence-electron chi connectivity index (χ2n) is 5.48. The zero-order valence-electron chi connectivity index (χ0n) is 13.5. The summed E-state index contributed by atoms with van der Waals surface area (Å²) in [7, 11) is 0. The third-order valence-electron chi connectivity index (χ3n) is 3.80. The van der Waals surface area contributed by atoms with Crippen molar-refractivity contribution in [2.75, 3.05) is 0 Å². The fraction of sp³-hybridized carbons (Fsp3) is 0.294. The molecule has 0 bridgehead atoms. The topological polar surface area (TPSA) is 101 Å². The molecule has 2 N–H and O–H groups in total. The Kier molecular flexibility index (Phi) is 5.47. The Hall–Kier alpha value is -2.96. The second-order valence-corrected chi connectivity index (χ2v) is 5.48. The zero-order valence-corrected chi connectivity index (χ0v) is 13.5. The third kappa shape index (κ3) is 3.87. The Morgan fingerprint density at radius 3 is 2.46 bits per heavy atom. The highest BCUT2D eigenvalue weighted by molar-refractivity contribution is 5.94. The molecule has 126 valence electrons. The maximum atomic E-state index is 12.3. The van der Waals surface area contributed by atoms with Gasteiger partial charge in [0.1, 0.15) is 11.7 Å². The molecule has 7 heteroatoms. The molecular formula is C17H19N3O4. The fourth-order valence-electron chi connectivity index (χ4n) is 2.18. The molecule has 1 heterocycles. The molecule has 24 heavy (non-hydrogen) atoms. The summed E-state index contributed by atoms with van der Waals surface area (Å²) in [5, 5.41) is 15.8. The van der Waals surface area contributed by atoms with Crippen LogP contribution in [0.5, 0.6) is 0 Å². The molecule has 0 fully saturated rings. The summed E-state index contributed by atoms with van der Waals surface area (Å²) in [6.07, 6.45) is 0.605. The van der Waals surface area contributed by atoms with Crippen LogP contribution < -0.4 is 10.9 Å². The lowest BCUT2D eigenvalue weighted by molar-refractivity contribution is -0.140. The zero-order chi connectivity index (χ0) is 17.7. The minimum atomic E-state index is -1.10. The molecule has 2 atom stereocenters. The van der Waals surface area contributed by atoms with Crippen LogP contribution in [0.2, 0.25) is 0 Å². The molecule has 0 aliphatic rings. The number of aromatic nitrogens is 2. The van der Waals surface area contributed by atoms with Crippen LogP contribution in [0.1, 0.15) is 30.8 Å². The van der Waals surface area contributed by atoms with Gasteiger partial charge in [-0.15, -0.1) is 0 Å². The molecule has 0 aliphatic carbocycles. The van der Waals surface area contributed by atoms with Gasteiger partial charge in [0.15, 0.2) is 0 Å². The highest BCUT2D eigenvalue weighted by Crippen LogP contribution is 2.09. The summed E-state index contributed by atoms with van der Waals surface area (Å²) in [6.45, 7) is 3.60. The Bertz CT molecular complexity index is 786. The van der Waals surface area contributed by atoms with Crippen molar-refractivity contribution in [1.82, 2.24) is 15.1 Å². The van der Waals surface area contributed by atoms with Crippen LogP contribution in [-0.2, 0) is 4.79 Å². The highest BCUT2D eigenvalue weighted by atomic mass is 16.4. The van der Waals surface area contributed by atoms with E-state index in [0.29, 0.717) is 12.1 Å². The van der Waals surface area contributed by atoms with E-state index in [2.05, 4.69) is 10.4 Å². The average molecular weight is 329 g/mol. The number of hydrogen-bond acceptors (Lipinski definition) is 4. The van der Waals surface area contributed by atoms with Gasteiger partial charge in [-0.1, -0.05) is 38.5 Å². The summed E-state index contributed by atoms with van der Waals surface area (Å²) >= 11 is 0. The van der Waals surface area contributed by atoms with Crippen LogP contribution in [0.3, 0.4) is 0 Å². The molecule has 0 saturated carbocycles. The first-order valence-electron chi connectivity index (χ1n) is 7.63. The normalized spacial score (nSPS) is 13.1. The number of aliphatic carboxylic acids is 1. The van der Waals surface area contributed by atoms with Crippen LogP contribution in [0.4, 0.5) is 0 Å². The number of nitrogens with one attached hydrogen (secondary N) is 1. The van der Waals surface area contributed by atoms with Gasteiger partial charge in [-0.25, -0.2) is 4.79 Å². The number of amides is 1. The maximum absolute atomic E-state index is 12.3. The number of carbonyl (C=O) groups is 2. The summed E-state index contributed by atoms with van der Waals surface area (Å²) < 4.78 is 1.11. The molecule has 0 saturated heterocycles. The molecule has 1 aromatic heterocycles. The van der Waals surface area contributed by atoms with E-state index >= 15 is 0 Å². The lowest BCUT2D eigenvalue weighted by atomic mass is 9.99. The highest BCUT2D eigenvalue weighted by Gasteiger charge is 2.26. The fourth-order valence-corrected chi connectivity index (χ4v) is 2.18. The Morgan fingerprint density at radius 2 is 1.88 bits per heavy atom. The van der Waals surface area contributed by atoms with Crippen LogP contribution in [0, 0.1) is 5.92 Å². The first-order chi connectivity index (χ1) is 11.4. The van der Waals surface area contributed by atoms with Crippen molar-refractivity contribution in [1.29, 1.82) is 0 Å². The van der Waals surface area contributed by atoms with Gasteiger partial charge in [-0.2, -0.15) is 9.78 Å². The lowest BCUT2D eigenvalue weighted by Crippen LogP contribution is -2.45. The largest absolute Gasteiger partial charge is 0.480 e. The van der Waals surface area contributed by atoms with E-state index in [0.717, 1.165) is 4.68 Å². The van der Waals surface area contributed by atoms with Gasteiger partial charge in [0.05, 0.1) is 5.69 Å². The number of carboxylic acids is 1. The molecule has 0 unspecified atom stereocenters. The first kappa shape index (κ1) is 17.4. The molecule has 0 spiro atoms. The first-order valence-corrected chi connectivity index (χ1v) is 7.63. The molecular weight excluding hydrogens is 310 g/mol. The van der Waals surface area contributed by atoms with Gasteiger partial charge in [0.25, 0.3) is 11.5 Å². The van der Waals surface area contributed by atoms with Crippen LogP contribution >= 0.6 is 0 Å². The van der Waals surface area contributed by atoms with E-state index in [1.807, 2.05) is 6.92 Å². The number of rotatable bonds is 6. The van der Waals surface area contributed by atoms with Gasteiger partial charge in [-0.3, -0.25) is 9.59 Å². The van der Waals surface area contributed by atoms with Crippen LogP contribution in [0.25, 0.3) is 5.69 Å². The predicted molar refractivity (Wildman–Crippen MR) is 88.2 cm³/mol. The Balaban J connectivity index is 2.31. The van der Waals surface area contributed by atoms with E-state index in [9.17, 15) is 19.5 Å². The minimum absolute atomic E-state index is 0.0204. The summed E-state index contributed by atoms with van der Waals surface area (Å²) in [5.41, 5.74) is 0.122. The molecule has 2 aromatic rings. The molecule has 1 aromatic carbocycles. The minimum Gasteiger partial charge on any atom is -0.480 e. The third-order valence-corrected chi connectivity index (χ3v) is 3.80.